The van der Waals surface area contributed by atoms with Crippen molar-refractivity contribution in [2.45, 2.75) is 20.0 Å². The number of anilines is 3. The van der Waals surface area contributed by atoms with Gasteiger partial charge in [0.2, 0.25) is 0 Å². The van der Waals surface area contributed by atoms with Gasteiger partial charge in [-0.1, -0.05) is 46.4 Å². The molecular formula is C33H27Cl5F7N7O6. The molecule has 0 aliphatic rings. The van der Waals surface area contributed by atoms with Crippen molar-refractivity contribution in [1.29, 1.82) is 0 Å². The number of alkyl halides is 3. The molecule has 0 spiro atoms. The zero-order valence-corrected chi connectivity index (χ0v) is 32.8. The van der Waals surface area contributed by atoms with Gasteiger partial charge in [0.1, 0.15) is 46.1 Å². The average Bonchev–Trinajstić information content (AvgIpc) is 3.12. The molecule has 0 atom stereocenters. The summed E-state index contributed by atoms with van der Waals surface area (Å²) in [4.78, 5) is 24.4. The summed E-state index contributed by atoms with van der Waals surface area (Å²) in [5.41, 5.74) is 7.01. The largest absolute Gasteiger partial charge is 0.506 e. The van der Waals surface area contributed by atoms with Crippen LogP contribution < -0.4 is 27.7 Å². The summed E-state index contributed by atoms with van der Waals surface area (Å²) >= 11 is 26.8. The summed E-state index contributed by atoms with van der Waals surface area (Å²) in [6, 6.07) is 7.67. The fourth-order valence-corrected chi connectivity index (χ4v) is 4.25. The van der Waals surface area contributed by atoms with Crippen LogP contribution in [0.15, 0.2) is 64.6 Å². The van der Waals surface area contributed by atoms with Crippen LogP contribution in [0.3, 0.4) is 0 Å². The molecule has 0 unspecified atom stereocenters. The van der Waals surface area contributed by atoms with Gasteiger partial charge in [-0.25, -0.2) is 17.6 Å². The smallest absolute Gasteiger partial charge is 0.455 e. The predicted molar refractivity (Wildman–Crippen MR) is 207 cm³/mol. The summed E-state index contributed by atoms with van der Waals surface area (Å²) < 4.78 is 88.2. The van der Waals surface area contributed by atoms with E-state index in [9.17, 15) is 45.4 Å². The number of Topliss-reactive ketones (excluding diaryl/α,β-unsaturated/α-hetero) is 1. The number of nitrogens with zero attached hydrogens (tertiary/aromatic N) is 3. The molecular weight excluding hydrogens is 901 g/mol. The lowest BCUT2D eigenvalue weighted by atomic mass is 10.2. The highest BCUT2D eigenvalue weighted by atomic mass is 35.5. The zero-order chi connectivity index (χ0) is 43.5. The van der Waals surface area contributed by atoms with E-state index in [1.165, 1.54) is 6.20 Å². The topological polar surface area (TPSA) is 230 Å². The van der Waals surface area contributed by atoms with Gasteiger partial charge in [-0.05, 0) is 43.7 Å². The number of benzene rings is 4. The second-order valence-electron chi connectivity index (χ2n) is 10.6. The van der Waals surface area contributed by atoms with E-state index >= 15 is 0 Å². The minimum Gasteiger partial charge on any atom is -0.506 e. The zero-order valence-electron chi connectivity index (χ0n) is 29.0. The number of aryl methyl sites for hydroxylation is 1. The lowest BCUT2D eigenvalue weighted by molar-refractivity contribution is -0.162. The average molecular weight is 928 g/mol. The second-order valence-corrected chi connectivity index (χ2v) is 12.5. The van der Waals surface area contributed by atoms with Gasteiger partial charge >= 0.3 is 6.18 Å². The summed E-state index contributed by atoms with van der Waals surface area (Å²) in [6.07, 6.45) is -3.64. The molecule has 0 aliphatic heterocycles. The molecule has 0 radical (unpaired) electrons. The molecule has 1 heterocycles. The molecule has 314 valence electrons. The predicted octanol–water partition coefficient (Wildman–Crippen LogP) is 9.74. The number of nitrogens with one attached hydrogen (secondary N) is 2. The van der Waals surface area contributed by atoms with Crippen molar-refractivity contribution in [2.75, 3.05) is 16.0 Å². The number of hydrazone groups is 1. The summed E-state index contributed by atoms with van der Waals surface area (Å²) in [5, 5.41) is 42.7. The van der Waals surface area contributed by atoms with E-state index in [0.29, 0.717) is 5.56 Å². The Morgan fingerprint density at radius 1 is 0.759 bits per heavy atom. The van der Waals surface area contributed by atoms with Gasteiger partial charge in [-0.15, -0.1) is 0 Å². The van der Waals surface area contributed by atoms with Crippen LogP contribution in [-0.2, 0) is 4.79 Å². The van der Waals surface area contributed by atoms with Gasteiger partial charge in [0, 0.05) is 41.6 Å². The van der Waals surface area contributed by atoms with Gasteiger partial charge in [0.25, 0.3) is 11.3 Å². The normalized spacial score (nSPS) is 10.5. The van der Waals surface area contributed by atoms with E-state index in [-0.39, 0.29) is 66.8 Å². The first-order valence-electron chi connectivity index (χ1n) is 14.7. The van der Waals surface area contributed by atoms with Crippen molar-refractivity contribution < 1.29 is 56.0 Å². The SMILES string of the molecule is Cc1cnn(-c2cc(O)c(Cl)cc2F)c(=O)c1C.N.Nc1cc(O)c(Cl)cc1F.O=C(/C=N\Nc1cc(O)c(Cl)cc1F)C(F)(F)F.Oc1cc(NCl)c(F)cc1Cl. The third kappa shape index (κ3) is 14.2. The summed E-state index contributed by atoms with van der Waals surface area (Å²) in [5.74, 6) is -6.32. The van der Waals surface area contributed by atoms with Crippen molar-refractivity contribution in [2.24, 2.45) is 5.10 Å². The van der Waals surface area contributed by atoms with E-state index in [0.717, 1.165) is 58.8 Å². The van der Waals surface area contributed by atoms with Crippen molar-refractivity contribution in [3.63, 3.8) is 0 Å². The first kappa shape index (κ1) is 50.6. The quantitative estimate of drug-likeness (QED) is 0.0272. The van der Waals surface area contributed by atoms with Crippen molar-refractivity contribution in [3.8, 4) is 28.7 Å². The van der Waals surface area contributed by atoms with Gasteiger partial charge in [0.05, 0.1) is 49.6 Å². The number of carbonyl (C=O) groups excluding carboxylic acids is 1. The highest BCUT2D eigenvalue weighted by molar-refractivity contribution is 6.33. The number of nitrogen functional groups attached to an aromatic ring is 1. The minimum atomic E-state index is -5.05. The number of nitrogens with two attached hydrogens (primary N) is 1. The van der Waals surface area contributed by atoms with Gasteiger partial charge < -0.3 is 32.3 Å². The van der Waals surface area contributed by atoms with Crippen LogP contribution >= 0.6 is 58.2 Å². The first-order valence-corrected chi connectivity index (χ1v) is 16.6. The molecule has 58 heavy (non-hydrogen) atoms. The Kier molecular flexibility index (Phi) is 19.2. The van der Waals surface area contributed by atoms with Crippen LogP contribution in [0.5, 0.6) is 23.0 Å². The second kappa shape index (κ2) is 22.0. The van der Waals surface area contributed by atoms with E-state index in [1.807, 2.05) is 10.3 Å². The standard InChI is InChI=1S/C12H10ClFN2O2.C9H5ClF4N2O2.C6H4Cl2FNO.C6H5ClFNO.H3N/c1-6-5-15-16(12(18)7(6)2)10-4-11(17)8(13)3-9(10)14;10-4-1-5(11)6(2-7(4)17)16-15-3-8(18)9(12,13)14;7-3-1-4(9)5(10-8)2-6(3)11;7-3-1-4(8)5(9)2-6(3)10;/h3-5,17H,1-2H3;1-3,16-17H;1-2,10-11H;1-2,10H,9H2;1H3/b;15-3-;;;. The molecule has 0 amide bonds. The van der Waals surface area contributed by atoms with Crippen molar-refractivity contribution in [3.05, 3.63) is 120 Å². The molecule has 13 nitrogen and oxygen atoms in total. The van der Waals surface area contributed by atoms with Crippen molar-refractivity contribution in [1.82, 2.24) is 15.9 Å². The highest BCUT2D eigenvalue weighted by Gasteiger charge is 2.37. The Balaban J connectivity index is 0.000000397. The van der Waals surface area contributed by atoms with Gasteiger partial charge in [-0.2, -0.15) is 28.1 Å². The van der Waals surface area contributed by atoms with Crippen LogP contribution in [0.2, 0.25) is 20.1 Å². The maximum Gasteiger partial charge on any atom is 0.455 e. The minimum absolute atomic E-state index is 0. The number of hydrogen-bond acceptors (Lipinski definition) is 12. The number of phenolic OH excluding ortho intramolecular Hbond substituents is 4. The molecule has 11 N–H and O–H groups in total. The summed E-state index contributed by atoms with van der Waals surface area (Å²) in [6.45, 7) is 3.37. The molecule has 0 saturated carbocycles. The van der Waals surface area contributed by atoms with Crippen LogP contribution in [0.25, 0.3) is 5.69 Å². The van der Waals surface area contributed by atoms with E-state index < -0.39 is 52.2 Å². The Bertz CT molecular complexity index is 2310. The molecule has 5 rings (SSSR count). The number of aromatic nitrogens is 2. The number of carbonyl (C=O) groups is 1. The number of hydrogen-bond donors (Lipinski definition) is 8. The fraction of sp³-hybridized carbons (Fsp3) is 0.0909. The highest BCUT2D eigenvalue weighted by Crippen LogP contribution is 2.31. The Morgan fingerprint density at radius 2 is 1.19 bits per heavy atom. The lowest BCUT2D eigenvalue weighted by Crippen LogP contribution is -2.24. The molecule has 1 aromatic heterocycles. The Morgan fingerprint density at radius 3 is 1.67 bits per heavy atom. The molecule has 0 aliphatic carbocycles. The maximum absolute atomic E-state index is 13.7. The Hall–Kier alpha value is -5.38. The van der Waals surface area contributed by atoms with Gasteiger partial charge in [0.15, 0.2) is 5.82 Å². The molecule has 0 saturated heterocycles. The number of halogens is 12. The van der Waals surface area contributed by atoms with Crippen LogP contribution in [0.4, 0.5) is 47.8 Å². The third-order valence-electron chi connectivity index (χ3n) is 6.60. The Labute approximate surface area is 347 Å². The molecule has 0 bridgehead atoms. The lowest BCUT2D eigenvalue weighted by Gasteiger charge is -2.09. The van der Waals surface area contributed by atoms with Crippen LogP contribution in [-0.4, -0.2) is 48.4 Å². The maximum atomic E-state index is 13.7. The van der Waals surface area contributed by atoms with E-state index in [2.05, 4.69) is 10.2 Å². The van der Waals surface area contributed by atoms with Crippen LogP contribution in [0.1, 0.15) is 11.1 Å². The van der Waals surface area contributed by atoms with Gasteiger partial charge in [-0.3, -0.25) is 19.9 Å². The third-order valence-corrected chi connectivity index (χ3v) is 8.02. The molecule has 25 heteroatoms. The van der Waals surface area contributed by atoms with Crippen LogP contribution in [0, 0.1) is 37.1 Å². The monoisotopic (exact) mass is 925 g/mol. The number of phenols is 4. The van der Waals surface area contributed by atoms with Crippen molar-refractivity contribution >= 4 is 87.2 Å². The molecule has 0 fully saturated rings. The number of rotatable bonds is 5. The fourth-order valence-electron chi connectivity index (χ4n) is 3.50. The van der Waals surface area contributed by atoms with E-state index in [1.54, 1.807) is 13.8 Å². The number of aromatic hydroxyl groups is 4. The first-order chi connectivity index (χ1) is 26.4. The molecule has 5 aromatic rings. The molecule has 4 aromatic carbocycles. The summed E-state index contributed by atoms with van der Waals surface area (Å²) in [7, 11) is 0. The van der Waals surface area contributed by atoms with E-state index in [4.69, 9.17) is 79.2 Å². The number of ketones is 1.